The van der Waals surface area contributed by atoms with E-state index in [1.807, 2.05) is 36.4 Å². The van der Waals surface area contributed by atoms with Crippen LogP contribution in [0.15, 0.2) is 54.6 Å². The Balaban J connectivity index is 1.27. The van der Waals surface area contributed by atoms with Crippen LogP contribution in [-0.2, 0) is 11.3 Å². The molecular weight excluding hydrogens is 386 g/mol. The van der Waals surface area contributed by atoms with Crippen molar-refractivity contribution < 1.29 is 9.53 Å². The summed E-state index contributed by atoms with van der Waals surface area (Å²) in [4.78, 5) is 19.9. The Morgan fingerprint density at radius 1 is 0.968 bits per heavy atom. The Morgan fingerprint density at radius 2 is 1.74 bits per heavy atom. The van der Waals surface area contributed by atoms with Gasteiger partial charge in [0.25, 0.3) is 0 Å². The van der Waals surface area contributed by atoms with Crippen LogP contribution >= 0.6 is 0 Å². The van der Waals surface area contributed by atoms with E-state index in [-0.39, 0.29) is 5.92 Å². The molecule has 31 heavy (non-hydrogen) atoms. The lowest BCUT2D eigenvalue weighted by atomic mass is 10.1. The summed E-state index contributed by atoms with van der Waals surface area (Å²) in [6.45, 7) is 2.44. The SMILES string of the molecule is O=C1CC(c2nc3ccccc3n2CCCCOc2ccccc2)CN1C1CCCC1. The van der Waals surface area contributed by atoms with Crippen LogP contribution in [0.5, 0.6) is 5.75 Å². The van der Waals surface area contributed by atoms with E-state index in [4.69, 9.17) is 9.72 Å². The quantitative estimate of drug-likeness (QED) is 0.476. The van der Waals surface area contributed by atoms with Crippen LogP contribution in [0.4, 0.5) is 0 Å². The van der Waals surface area contributed by atoms with Gasteiger partial charge < -0.3 is 14.2 Å². The molecule has 1 saturated carbocycles. The van der Waals surface area contributed by atoms with Crippen LogP contribution in [0.2, 0.25) is 0 Å². The van der Waals surface area contributed by atoms with E-state index in [9.17, 15) is 4.79 Å². The molecule has 5 heteroatoms. The number of amides is 1. The molecule has 0 spiro atoms. The highest BCUT2D eigenvalue weighted by Gasteiger charge is 2.38. The van der Waals surface area contributed by atoms with Gasteiger partial charge in [0.15, 0.2) is 0 Å². The first-order valence-corrected chi connectivity index (χ1v) is 11.7. The summed E-state index contributed by atoms with van der Waals surface area (Å²) in [5.41, 5.74) is 2.21. The van der Waals surface area contributed by atoms with E-state index >= 15 is 0 Å². The third kappa shape index (κ3) is 4.32. The number of imidazole rings is 1. The zero-order chi connectivity index (χ0) is 21.0. The normalized spacial score (nSPS) is 19.5. The number of hydrogen-bond donors (Lipinski definition) is 0. The monoisotopic (exact) mass is 417 g/mol. The van der Waals surface area contributed by atoms with Crippen molar-refractivity contribution in [1.82, 2.24) is 14.5 Å². The van der Waals surface area contributed by atoms with Crippen LogP contribution in [0.25, 0.3) is 11.0 Å². The first-order chi connectivity index (χ1) is 15.3. The minimum atomic E-state index is 0.195. The van der Waals surface area contributed by atoms with Crippen LogP contribution in [-0.4, -0.2) is 39.6 Å². The van der Waals surface area contributed by atoms with Gasteiger partial charge in [0.1, 0.15) is 11.6 Å². The van der Waals surface area contributed by atoms with Crippen molar-refractivity contribution in [2.75, 3.05) is 13.2 Å². The predicted octanol–water partition coefficient (Wildman–Crippen LogP) is 5.15. The van der Waals surface area contributed by atoms with Gasteiger partial charge in [-0.15, -0.1) is 0 Å². The van der Waals surface area contributed by atoms with Gasteiger partial charge in [-0.3, -0.25) is 4.79 Å². The number of para-hydroxylation sites is 3. The van der Waals surface area contributed by atoms with E-state index in [2.05, 4.69) is 27.7 Å². The first kappa shape index (κ1) is 20.1. The van der Waals surface area contributed by atoms with Crippen LogP contribution in [0.3, 0.4) is 0 Å². The molecule has 1 unspecified atom stereocenters. The van der Waals surface area contributed by atoms with Crippen LogP contribution in [0.1, 0.15) is 56.7 Å². The van der Waals surface area contributed by atoms with Gasteiger partial charge in [-0.25, -0.2) is 4.98 Å². The average Bonchev–Trinajstić information content (AvgIpc) is 3.53. The molecule has 5 nitrogen and oxygen atoms in total. The van der Waals surface area contributed by atoms with Crippen molar-refractivity contribution in [3.8, 4) is 5.75 Å². The van der Waals surface area contributed by atoms with Crippen molar-refractivity contribution >= 4 is 16.9 Å². The van der Waals surface area contributed by atoms with Gasteiger partial charge in [-0.2, -0.15) is 0 Å². The molecule has 2 fully saturated rings. The summed E-state index contributed by atoms with van der Waals surface area (Å²) in [5, 5.41) is 0. The Bertz CT molecular complexity index is 1020. The van der Waals surface area contributed by atoms with E-state index in [1.54, 1.807) is 0 Å². The minimum Gasteiger partial charge on any atom is -0.494 e. The molecule has 1 amide bonds. The summed E-state index contributed by atoms with van der Waals surface area (Å²) in [7, 11) is 0. The van der Waals surface area contributed by atoms with Crippen molar-refractivity contribution in [2.24, 2.45) is 0 Å². The number of carbonyl (C=O) groups excluding carboxylic acids is 1. The van der Waals surface area contributed by atoms with Gasteiger partial charge in [-0.05, 0) is 49.9 Å². The topological polar surface area (TPSA) is 47.4 Å². The maximum Gasteiger partial charge on any atom is 0.223 e. The van der Waals surface area contributed by atoms with Crippen LogP contribution < -0.4 is 4.74 Å². The van der Waals surface area contributed by atoms with E-state index in [1.165, 1.54) is 18.4 Å². The van der Waals surface area contributed by atoms with Crippen molar-refractivity contribution in [3.63, 3.8) is 0 Å². The molecular formula is C26H31N3O2. The predicted molar refractivity (Wildman–Crippen MR) is 122 cm³/mol. The Morgan fingerprint density at radius 3 is 2.58 bits per heavy atom. The summed E-state index contributed by atoms with van der Waals surface area (Å²) in [5.74, 6) is 2.51. The van der Waals surface area contributed by atoms with Crippen molar-refractivity contribution in [2.45, 2.75) is 63.5 Å². The highest BCUT2D eigenvalue weighted by molar-refractivity contribution is 5.81. The lowest BCUT2D eigenvalue weighted by Gasteiger charge is -2.24. The molecule has 0 bridgehead atoms. The number of nitrogens with zero attached hydrogens (tertiary/aromatic N) is 3. The van der Waals surface area contributed by atoms with E-state index in [0.717, 1.165) is 55.9 Å². The standard InChI is InChI=1S/C26H31N3O2/c30-25-18-20(19-29(25)21-10-4-5-11-21)26-27-23-14-6-7-15-24(23)28(26)16-8-9-17-31-22-12-2-1-3-13-22/h1-3,6-7,12-15,20-21H,4-5,8-11,16-19H2. The number of likely N-dealkylation sites (tertiary alicyclic amines) is 1. The molecule has 3 aromatic rings. The highest BCUT2D eigenvalue weighted by atomic mass is 16.5. The second kappa shape index (κ2) is 9.13. The zero-order valence-corrected chi connectivity index (χ0v) is 18.1. The summed E-state index contributed by atoms with van der Waals surface area (Å²) < 4.78 is 8.21. The van der Waals surface area contributed by atoms with Gasteiger partial charge in [0.2, 0.25) is 5.91 Å². The average molecular weight is 418 g/mol. The summed E-state index contributed by atoms with van der Waals surface area (Å²) in [6.07, 6.45) is 7.43. The fraction of sp³-hybridized carbons (Fsp3) is 0.462. The second-order valence-electron chi connectivity index (χ2n) is 8.86. The maximum absolute atomic E-state index is 12.8. The number of carbonyl (C=O) groups is 1. The molecule has 2 heterocycles. The third-order valence-corrected chi connectivity index (χ3v) is 6.76. The number of aromatic nitrogens is 2. The van der Waals surface area contributed by atoms with Crippen molar-refractivity contribution in [1.29, 1.82) is 0 Å². The number of rotatable bonds is 8. The molecule has 1 aromatic heterocycles. The molecule has 1 aliphatic heterocycles. The lowest BCUT2D eigenvalue weighted by molar-refractivity contribution is -0.129. The number of hydrogen-bond acceptors (Lipinski definition) is 3. The van der Waals surface area contributed by atoms with Gasteiger partial charge in [0, 0.05) is 31.5 Å². The Labute approximate surface area is 184 Å². The minimum absolute atomic E-state index is 0.195. The molecule has 2 aliphatic rings. The second-order valence-corrected chi connectivity index (χ2v) is 8.86. The summed E-state index contributed by atoms with van der Waals surface area (Å²) in [6, 6.07) is 18.8. The molecule has 1 atom stereocenters. The van der Waals surface area contributed by atoms with Crippen LogP contribution in [0, 0.1) is 0 Å². The number of aryl methyl sites for hydroxylation is 1. The van der Waals surface area contributed by atoms with E-state index in [0.29, 0.717) is 25.0 Å². The largest absolute Gasteiger partial charge is 0.494 e. The van der Waals surface area contributed by atoms with Gasteiger partial charge in [-0.1, -0.05) is 43.2 Å². The lowest BCUT2D eigenvalue weighted by Crippen LogP contribution is -2.34. The fourth-order valence-corrected chi connectivity index (χ4v) is 5.19. The third-order valence-electron chi connectivity index (χ3n) is 6.76. The summed E-state index contributed by atoms with van der Waals surface area (Å²) >= 11 is 0. The van der Waals surface area contributed by atoms with Gasteiger partial charge in [0.05, 0.1) is 17.6 Å². The highest BCUT2D eigenvalue weighted by Crippen LogP contribution is 2.35. The molecule has 5 rings (SSSR count). The smallest absolute Gasteiger partial charge is 0.223 e. The number of benzene rings is 2. The Hall–Kier alpha value is -2.82. The maximum atomic E-state index is 12.8. The molecule has 0 radical (unpaired) electrons. The van der Waals surface area contributed by atoms with Crippen molar-refractivity contribution in [3.05, 3.63) is 60.4 Å². The molecule has 0 N–H and O–H groups in total. The number of ether oxygens (including phenoxy) is 1. The first-order valence-electron chi connectivity index (χ1n) is 11.7. The molecule has 2 aromatic carbocycles. The molecule has 1 aliphatic carbocycles. The van der Waals surface area contributed by atoms with Gasteiger partial charge >= 0.3 is 0 Å². The number of fused-ring (bicyclic) bond motifs is 1. The molecule has 1 saturated heterocycles. The van der Waals surface area contributed by atoms with E-state index < -0.39 is 0 Å². The zero-order valence-electron chi connectivity index (χ0n) is 18.1. The molecule has 162 valence electrons. The fourth-order valence-electron chi connectivity index (χ4n) is 5.19. The number of unbranched alkanes of at least 4 members (excludes halogenated alkanes) is 1. The Kier molecular flexibility index (Phi) is 5.92.